The van der Waals surface area contributed by atoms with Gasteiger partial charge in [0.2, 0.25) is 0 Å². The molecule has 1 fully saturated rings. The summed E-state index contributed by atoms with van der Waals surface area (Å²) in [6.45, 7) is 2.27. The van der Waals surface area contributed by atoms with Gasteiger partial charge in [0.25, 0.3) is 0 Å². The van der Waals surface area contributed by atoms with Crippen molar-refractivity contribution in [2.75, 3.05) is 25.5 Å². The van der Waals surface area contributed by atoms with Crippen LogP contribution in [-0.4, -0.2) is 31.1 Å². The second kappa shape index (κ2) is 4.89. The molecule has 1 N–H and O–H groups in total. The molecule has 1 aliphatic rings. The minimum atomic E-state index is 0.535. The number of rotatable bonds is 2. The SMILES string of the molecule is CN1CCC(Nc2ccc(I)cc2Cl)C1. The van der Waals surface area contributed by atoms with Crippen LogP contribution in [0.1, 0.15) is 6.42 Å². The maximum Gasteiger partial charge on any atom is 0.0648 e. The summed E-state index contributed by atoms with van der Waals surface area (Å²) in [4.78, 5) is 2.33. The lowest BCUT2D eigenvalue weighted by Crippen LogP contribution is -2.23. The van der Waals surface area contributed by atoms with Crippen molar-refractivity contribution in [3.8, 4) is 0 Å². The first-order chi connectivity index (χ1) is 7.15. The molecule has 1 heterocycles. The van der Waals surface area contributed by atoms with Crippen LogP contribution < -0.4 is 5.32 Å². The standard InChI is InChI=1S/C11H14ClIN2/c1-15-5-4-9(7-15)14-11-3-2-8(13)6-10(11)12/h2-3,6,9,14H,4-5,7H2,1H3. The minimum Gasteiger partial charge on any atom is -0.380 e. The Kier molecular flexibility index (Phi) is 3.74. The van der Waals surface area contributed by atoms with E-state index >= 15 is 0 Å². The second-order valence-corrected chi connectivity index (χ2v) is 5.67. The second-order valence-electron chi connectivity index (χ2n) is 4.02. The van der Waals surface area contributed by atoms with E-state index in [9.17, 15) is 0 Å². The normalized spacial score (nSPS) is 21.9. The summed E-state index contributed by atoms with van der Waals surface area (Å²) in [6.07, 6.45) is 1.19. The number of likely N-dealkylation sites (N-methyl/N-ethyl adjacent to an activating group) is 1. The van der Waals surface area contributed by atoms with Crippen LogP contribution in [0.25, 0.3) is 0 Å². The molecular weight excluding hydrogens is 322 g/mol. The fourth-order valence-corrected chi connectivity index (χ4v) is 2.79. The molecule has 0 spiro atoms. The zero-order valence-electron chi connectivity index (χ0n) is 8.63. The van der Waals surface area contributed by atoms with Gasteiger partial charge in [-0.3, -0.25) is 0 Å². The highest BCUT2D eigenvalue weighted by atomic mass is 127. The fraction of sp³-hybridized carbons (Fsp3) is 0.455. The van der Waals surface area contributed by atoms with E-state index in [2.05, 4.69) is 52.0 Å². The van der Waals surface area contributed by atoms with Gasteiger partial charge < -0.3 is 10.2 Å². The average molecular weight is 337 g/mol. The van der Waals surface area contributed by atoms with Crippen LogP contribution in [0, 0.1) is 3.57 Å². The Morgan fingerprint density at radius 1 is 1.53 bits per heavy atom. The van der Waals surface area contributed by atoms with Gasteiger partial charge in [0, 0.05) is 16.2 Å². The molecule has 15 heavy (non-hydrogen) atoms. The molecule has 82 valence electrons. The van der Waals surface area contributed by atoms with E-state index in [4.69, 9.17) is 11.6 Å². The molecule has 0 saturated carbocycles. The van der Waals surface area contributed by atoms with E-state index in [1.54, 1.807) is 0 Å². The Hall–Kier alpha value is -0.0000000000000000555. The van der Waals surface area contributed by atoms with Gasteiger partial charge in [0.1, 0.15) is 0 Å². The first-order valence-corrected chi connectivity index (χ1v) is 6.51. The molecule has 1 aromatic rings. The van der Waals surface area contributed by atoms with E-state index in [1.807, 2.05) is 6.07 Å². The van der Waals surface area contributed by atoms with Crippen molar-refractivity contribution in [2.24, 2.45) is 0 Å². The van der Waals surface area contributed by atoms with E-state index in [-0.39, 0.29) is 0 Å². The maximum absolute atomic E-state index is 6.16. The monoisotopic (exact) mass is 336 g/mol. The highest BCUT2D eigenvalue weighted by Gasteiger charge is 2.19. The summed E-state index contributed by atoms with van der Waals surface area (Å²) in [5, 5.41) is 4.31. The number of nitrogens with one attached hydrogen (secondary N) is 1. The van der Waals surface area contributed by atoms with Gasteiger partial charge in [-0.25, -0.2) is 0 Å². The Bertz CT molecular complexity index is 356. The van der Waals surface area contributed by atoms with Crippen molar-refractivity contribution in [1.82, 2.24) is 4.90 Å². The third-order valence-electron chi connectivity index (χ3n) is 2.68. The zero-order valence-corrected chi connectivity index (χ0v) is 11.5. The van der Waals surface area contributed by atoms with E-state index < -0.39 is 0 Å². The van der Waals surface area contributed by atoms with Crippen molar-refractivity contribution < 1.29 is 0 Å². The predicted molar refractivity (Wildman–Crippen MR) is 73.7 cm³/mol. The van der Waals surface area contributed by atoms with Crippen LogP contribution in [0.2, 0.25) is 5.02 Å². The van der Waals surface area contributed by atoms with E-state index in [0.29, 0.717) is 6.04 Å². The first kappa shape index (κ1) is 11.5. The molecule has 1 unspecified atom stereocenters. The molecule has 0 amide bonds. The van der Waals surface area contributed by atoms with Gasteiger partial charge in [-0.05, 0) is 60.8 Å². The van der Waals surface area contributed by atoms with Crippen LogP contribution in [0.4, 0.5) is 5.69 Å². The number of nitrogens with zero attached hydrogens (tertiary/aromatic N) is 1. The van der Waals surface area contributed by atoms with Crippen molar-refractivity contribution in [2.45, 2.75) is 12.5 Å². The highest BCUT2D eigenvalue weighted by Crippen LogP contribution is 2.25. The van der Waals surface area contributed by atoms with Crippen molar-refractivity contribution >= 4 is 39.9 Å². The molecule has 1 aromatic carbocycles. The number of hydrogen-bond donors (Lipinski definition) is 1. The van der Waals surface area contributed by atoms with Gasteiger partial charge in [0.15, 0.2) is 0 Å². The summed E-state index contributed by atoms with van der Waals surface area (Å²) >= 11 is 8.43. The van der Waals surface area contributed by atoms with Crippen molar-refractivity contribution in [1.29, 1.82) is 0 Å². The third-order valence-corrected chi connectivity index (χ3v) is 3.67. The number of likely N-dealkylation sites (tertiary alicyclic amines) is 1. The Balaban J connectivity index is 2.04. The summed E-state index contributed by atoms with van der Waals surface area (Å²) < 4.78 is 1.17. The average Bonchev–Trinajstić information content (AvgIpc) is 2.56. The molecule has 1 atom stereocenters. The largest absolute Gasteiger partial charge is 0.380 e. The Labute approximate surface area is 109 Å². The first-order valence-electron chi connectivity index (χ1n) is 5.05. The third kappa shape index (κ3) is 2.98. The molecule has 0 radical (unpaired) electrons. The van der Waals surface area contributed by atoms with Gasteiger partial charge in [-0.1, -0.05) is 11.6 Å². The zero-order chi connectivity index (χ0) is 10.8. The molecule has 0 aliphatic carbocycles. The molecule has 2 rings (SSSR count). The molecule has 1 aliphatic heterocycles. The molecule has 1 saturated heterocycles. The Morgan fingerprint density at radius 3 is 2.93 bits per heavy atom. The van der Waals surface area contributed by atoms with Crippen LogP contribution in [-0.2, 0) is 0 Å². The topological polar surface area (TPSA) is 15.3 Å². The molecule has 4 heteroatoms. The number of benzene rings is 1. The highest BCUT2D eigenvalue weighted by molar-refractivity contribution is 14.1. The quantitative estimate of drug-likeness (QED) is 0.835. The summed E-state index contributed by atoms with van der Waals surface area (Å²) in [5.74, 6) is 0. The van der Waals surface area contributed by atoms with Crippen LogP contribution in [0.3, 0.4) is 0 Å². The van der Waals surface area contributed by atoms with Crippen LogP contribution in [0.5, 0.6) is 0 Å². The molecule has 0 bridgehead atoms. The van der Waals surface area contributed by atoms with E-state index in [0.717, 1.165) is 17.3 Å². The summed E-state index contributed by atoms with van der Waals surface area (Å²) in [6, 6.07) is 6.66. The Morgan fingerprint density at radius 2 is 2.33 bits per heavy atom. The number of anilines is 1. The van der Waals surface area contributed by atoms with Gasteiger partial charge >= 0.3 is 0 Å². The fourth-order valence-electron chi connectivity index (χ4n) is 1.88. The molecule has 0 aromatic heterocycles. The molecule has 2 nitrogen and oxygen atoms in total. The van der Waals surface area contributed by atoms with E-state index in [1.165, 1.54) is 16.5 Å². The predicted octanol–water partition coefficient (Wildman–Crippen LogP) is 3.06. The maximum atomic E-state index is 6.16. The van der Waals surface area contributed by atoms with Gasteiger partial charge in [0.05, 0.1) is 10.7 Å². The van der Waals surface area contributed by atoms with Crippen molar-refractivity contribution in [3.63, 3.8) is 0 Å². The molecular formula is C11H14ClIN2. The summed E-state index contributed by atoms with van der Waals surface area (Å²) in [7, 11) is 2.15. The number of halogens is 2. The summed E-state index contributed by atoms with van der Waals surface area (Å²) in [5.41, 5.74) is 1.05. The van der Waals surface area contributed by atoms with Crippen LogP contribution >= 0.6 is 34.2 Å². The smallest absolute Gasteiger partial charge is 0.0648 e. The van der Waals surface area contributed by atoms with Gasteiger partial charge in [-0.2, -0.15) is 0 Å². The van der Waals surface area contributed by atoms with Crippen molar-refractivity contribution in [3.05, 3.63) is 26.8 Å². The lowest BCUT2D eigenvalue weighted by atomic mass is 10.2. The lowest BCUT2D eigenvalue weighted by Gasteiger charge is -2.15. The van der Waals surface area contributed by atoms with Crippen LogP contribution in [0.15, 0.2) is 18.2 Å². The minimum absolute atomic E-state index is 0.535. The lowest BCUT2D eigenvalue weighted by molar-refractivity contribution is 0.414. The van der Waals surface area contributed by atoms with Gasteiger partial charge in [-0.15, -0.1) is 0 Å². The number of hydrogen-bond acceptors (Lipinski definition) is 2.